The second-order valence-electron chi connectivity index (χ2n) is 5.88. The Kier molecular flexibility index (Phi) is 4.75. The number of hydrogen-bond acceptors (Lipinski definition) is 2. The van der Waals surface area contributed by atoms with E-state index in [4.69, 9.17) is 0 Å². The first-order valence-electron chi connectivity index (χ1n) is 8.02. The molecule has 0 aliphatic heterocycles. The third-order valence-corrected chi connectivity index (χ3v) is 4.14. The summed E-state index contributed by atoms with van der Waals surface area (Å²) in [6.07, 6.45) is 8.10. The molecular weight excluding hydrogens is 298 g/mol. The number of benzene rings is 1. The highest BCUT2D eigenvalue weighted by molar-refractivity contribution is 5.96. The van der Waals surface area contributed by atoms with E-state index in [-0.39, 0.29) is 5.91 Å². The monoisotopic (exact) mass is 319 g/mol. The van der Waals surface area contributed by atoms with E-state index in [0.29, 0.717) is 6.54 Å². The molecule has 3 aromatic rings. The maximum absolute atomic E-state index is 12.3. The Balaban J connectivity index is 1.66. The van der Waals surface area contributed by atoms with Crippen molar-refractivity contribution in [1.29, 1.82) is 0 Å². The Morgan fingerprint density at radius 2 is 2.00 bits per heavy atom. The zero-order valence-corrected chi connectivity index (χ0v) is 14.0. The maximum Gasteiger partial charge on any atom is 0.246 e. The number of aromatic nitrogens is 2. The smallest absolute Gasteiger partial charge is 0.246 e. The topological polar surface area (TPSA) is 38.1 Å². The fraction of sp³-hybridized carbons (Fsp3) is 0.200. The molecule has 0 radical (unpaired) electrons. The van der Waals surface area contributed by atoms with E-state index in [9.17, 15) is 4.79 Å². The second-order valence-corrected chi connectivity index (χ2v) is 5.88. The molecule has 0 aliphatic carbocycles. The molecule has 0 spiro atoms. The van der Waals surface area contributed by atoms with Gasteiger partial charge in [-0.3, -0.25) is 9.78 Å². The molecule has 0 unspecified atom stereocenters. The van der Waals surface area contributed by atoms with Crippen LogP contribution in [-0.2, 0) is 18.3 Å². The molecule has 3 rings (SSSR count). The molecule has 2 heterocycles. The second kappa shape index (κ2) is 7.13. The van der Waals surface area contributed by atoms with E-state index in [0.717, 1.165) is 28.6 Å². The van der Waals surface area contributed by atoms with E-state index >= 15 is 0 Å². The summed E-state index contributed by atoms with van der Waals surface area (Å²) < 4.78 is 2.07. The molecule has 0 saturated heterocycles. The number of hydrogen-bond donors (Lipinski definition) is 0. The Morgan fingerprint density at radius 1 is 1.21 bits per heavy atom. The summed E-state index contributed by atoms with van der Waals surface area (Å²) in [4.78, 5) is 18.3. The van der Waals surface area contributed by atoms with Crippen LogP contribution in [0.15, 0.2) is 60.9 Å². The van der Waals surface area contributed by atoms with Crippen LogP contribution in [-0.4, -0.2) is 34.0 Å². The van der Waals surface area contributed by atoms with Gasteiger partial charge in [-0.2, -0.15) is 0 Å². The molecule has 0 N–H and O–H groups in total. The van der Waals surface area contributed by atoms with Gasteiger partial charge in [0.25, 0.3) is 0 Å². The summed E-state index contributed by atoms with van der Waals surface area (Å²) in [5, 5.41) is 1.15. The standard InChI is InChI=1S/C20H21N3O/c1-22(14-12-17-7-5-6-13-21-17)20(24)11-10-16-15-23(2)19-9-4-3-8-18(16)19/h3-11,13,15H,12,14H2,1-2H3/b11-10-. The van der Waals surface area contributed by atoms with Gasteiger partial charge in [-0.05, 0) is 24.3 Å². The molecule has 0 bridgehead atoms. The maximum atomic E-state index is 12.3. The quantitative estimate of drug-likeness (QED) is 0.677. The van der Waals surface area contributed by atoms with Crippen LogP contribution in [0.1, 0.15) is 11.3 Å². The SMILES string of the molecule is CN(CCc1ccccn1)C(=O)/C=C\c1cn(C)c2ccccc12. The van der Waals surface area contributed by atoms with Crippen molar-refractivity contribution >= 4 is 22.9 Å². The molecule has 0 saturated carbocycles. The summed E-state index contributed by atoms with van der Waals surface area (Å²) in [6, 6.07) is 14.0. The molecule has 24 heavy (non-hydrogen) atoms. The Hall–Kier alpha value is -2.88. The largest absolute Gasteiger partial charge is 0.350 e. The number of carbonyl (C=O) groups is 1. The lowest BCUT2D eigenvalue weighted by atomic mass is 10.1. The van der Waals surface area contributed by atoms with Crippen molar-refractivity contribution in [2.45, 2.75) is 6.42 Å². The predicted octanol–water partition coefficient (Wildman–Crippen LogP) is 3.29. The summed E-state index contributed by atoms with van der Waals surface area (Å²) in [5.74, 6) is -0.00105. The molecule has 4 nitrogen and oxygen atoms in total. The molecule has 122 valence electrons. The molecule has 0 atom stereocenters. The van der Waals surface area contributed by atoms with E-state index < -0.39 is 0 Å². The number of rotatable bonds is 5. The van der Waals surface area contributed by atoms with Crippen LogP contribution >= 0.6 is 0 Å². The lowest BCUT2D eigenvalue weighted by Gasteiger charge is -2.14. The first-order chi connectivity index (χ1) is 11.6. The van der Waals surface area contributed by atoms with Gasteiger partial charge < -0.3 is 9.47 Å². The number of carbonyl (C=O) groups excluding carboxylic acids is 1. The highest BCUT2D eigenvalue weighted by atomic mass is 16.2. The van der Waals surface area contributed by atoms with Crippen LogP contribution in [0, 0.1) is 0 Å². The average Bonchev–Trinajstić information content (AvgIpc) is 2.95. The molecule has 1 aromatic carbocycles. The van der Waals surface area contributed by atoms with Gasteiger partial charge in [-0.15, -0.1) is 0 Å². The van der Waals surface area contributed by atoms with Gasteiger partial charge in [0, 0.05) is 67.7 Å². The van der Waals surface area contributed by atoms with Crippen LogP contribution in [0.5, 0.6) is 0 Å². The minimum atomic E-state index is -0.00105. The third kappa shape index (κ3) is 3.54. The summed E-state index contributed by atoms with van der Waals surface area (Å²) >= 11 is 0. The Bertz CT molecular complexity index is 865. The van der Waals surface area contributed by atoms with Gasteiger partial charge in [0.1, 0.15) is 0 Å². The fourth-order valence-corrected chi connectivity index (χ4v) is 2.73. The minimum Gasteiger partial charge on any atom is -0.350 e. The molecule has 0 fully saturated rings. The Morgan fingerprint density at radius 3 is 2.79 bits per heavy atom. The van der Waals surface area contributed by atoms with Crippen LogP contribution in [0.25, 0.3) is 17.0 Å². The summed E-state index contributed by atoms with van der Waals surface area (Å²) in [7, 11) is 3.83. The average molecular weight is 319 g/mol. The zero-order valence-electron chi connectivity index (χ0n) is 14.0. The van der Waals surface area contributed by atoms with Crippen LogP contribution in [0.3, 0.4) is 0 Å². The molecule has 1 amide bonds. The van der Waals surface area contributed by atoms with Gasteiger partial charge in [0.2, 0.25) is 5.91 Å². The van der Waals surface area contributed by atoms with Crippen molar-refractivity contribution < 1.29 is 4.79 Å². The fourth-order valence-electron chi connectivity index (χ4n) is 2.73. The first-order valence-corrected chi connectivity index (χ1v) is 8.02. The summed E-state index contributed by atoms with van der Waals surface area (Å²) in [6.45, 7) is 0.649. The normalized spacial score (nSPS) is 11.2. The van der Waals surface area contributed by atoms with Gasteiger partial charge >= 0.3 is 0 Å². The lowest BCUT2D eigenvalue weighted by molar-refractivity contribution is -0.124. The third-order valence-electron chi connectivity index (χ3n) is 4.14. The van der Waals surface area contributed by atoms with Crippen molar-refractivity contribution in [3.63, 3.8) is 0 Å². The molecule has 2 aromatic heterocycles. The van der Waals surface area contributed by atoms with Crippen molar-refractivity contribution in [3.8, 4) is 0 Å². The predicted molar refractivity (Wildman–Crippen MR) is 97.5 cm³/mol. The van der Waals surface area contributed by atoms with E-state index in [2.05, 4.69) is 21.7 Å². The zero-order chi connectivity index (χ0) is 16.9. The molecule has 4 heteroatoms. The van der Waals surface area contributed by atoms with E-state index in [1.807, 2.05) is 56.7 Å². The van der Waals surface area contributed by atoms with Crippen LogP contribution in [0.2, 0.25) is 0 Å². The van der Waals surface area contributed by atoms with E-state index in [1.165, 1.54) is 0 Å². The first kappa shape index (κ1) is 16.0. The minimum absolute atomic E-state index is 0.00105. The van der Waals surface area contributed by atoms with Crippen molar-refractivity contribution in [1.82, 2.24) is 14.5 Å². The Labute approximate surface area is 142 Å². The number of fused-ring (bicyclic) bond motifs is 1. The van der Waals surface area contributed by atoms with Gasteiger partial charge in [-0.1, -0.05) is 24.3 Å². The van der Waals surface area contributed by atoms with Crippen LogP contribution < -0.4 is 0 Å². The van der Waals surface area contributed by atoms with Crippen LogP contribution in [0.4, 0.5) is 0 Å². The lowest BCUT2D eigenvalue weighted by Crippen LogP contribution is -2.27. The van der Waals surface area contributed by atoms with E-state index in [1.54, 1.807) is 17.2 Å². The van der Waals surface area contributed by atoms with Gasteiger partial charge in [0.15, 0.2) is 0 Å². The number of amides is 1. The number of para-hydroxylation sites is 1. The number of nitrogens with zero attached hydrogens (tertiary/aromatic N) is 3. The number of likely N-dealkylation sites (N-methyl/N-ethyl adjacent to an activating group) is 1. The van der Waals surface area contributed by atoms with Crippen molar-refractivity contribution in [2.24, 2.45) is 7.05 Å². The number of pyridine rings is 1. The van der Waals surface area contributed by atoms with Gasteiger partial charge in [0.05, 0.1) is 0 Å². The molecule has 0 aliphatic rings. The highest BCUT2D eigenvalue weighted by Gasteiger charge is 2.07. The van der Waals surface area contributed by atoms with Crippen molar-refractivity contribution in [3.05, 3.63) is 72.2 Å². The summed E-state index contributed by atoms with van der Waals surface area (Å²) in [5.41, 5.74) is 3.21. The van der Waals surface area contributed by atoms with Gasteiger partial charge in [-0.25, -0.2) is 0 Å². The molecular formula is C20H21N3O. The number of aryl methyl sites for hydroxylation is 1. The van der Waals surface area contributed by atoms with Crippen molar-refractivity contribution in [2.75, 3.05) is 13.6 Å². The highest BCUT2D eigenvalue weighted by Crippen LogP contribution is 2.21.